The summed E-state index contributed by atoms with van der Waals surface area (Å²) in [7, 11) is 0. The lowest BCUT2D eigenvalue weighted by Gasteiger charge is -2.15. The van der Waals surface area contributed by atoms with Crippen molar-refractivity contribution in [3.05, 3.63) is 59.2 Å². The Kier molecular flexibility index (Phi) is 2.86. The maximum atomic E-state index is 11.8. The average Bonchev–Trinajstić information content (AvgIpc) is 2.81. The van der Waals surface area contributed by atoms with E-state index in [2.05, 4.69) is 49.5 Å². The zero-order valence-corrected chi connectivity index (χ0v) is 11.2. The number of rotatable bonds is 2. The van der Waals surface area contributed by atoms with Gasteiger partial charge in [0.25, 0.3) is 5.91 Å². The molecule has 2 aromatic rings. The van der Waals surface area contributed by atoms with E-state index in [0.29, 0.717) is 12.5 Å². The zero-order valence-electron chi connectivity index (χ0n) is 11.2. The van der Waals surface area contributed by atoms with Crippen LogP contribution in [0.15, 0.2) is 42.5 Å². The molecule has 0 unspecified atom stereocenters. The van der Waals surface area contributed by atoms with Crippen molar-refractivity contribution in [2.24, 2.45) is 0 Å². The third-order valence-corrected chi connectivity index (χ3v) is 3.72. The first-order valence-corrected chi connectivity index (χ1v) is 6.68. The Morgan fingerprint density at radius 2 is 1.63 bits per heavy atom. The van der Waals surface area contributed by atoms with E-state index in [1.807, 2.05) is 12.1 Å². The molecule has 0 aromatic heterocycles. The summed E-state index contributed by atoms with van der Waals surface area (Å²) in [5, 5.41) is 2.90. The number of amides is 1. The van der Waals surface area contributed by atoms with Gasteiger partial charge < -0.3 is 5.32 Å². The van der Waals surface area contributed by atoms with E-state index in [9.17, 15) is 4.79 Å². The molecule has 3 rings (SSSR count). The summed E-state index contributed by atoms with van der Waals surface area (Å²) < 4.78 is 0. The quantitative estimate of drug-likeness (QED) is 0.866. The first-order chi connectivity index (χ1) is 9.18. The SMILES string of the molecule is CC(C)c1ccccc1-c1cccc2c1CNC2=O. The standard InChI is InChI=1S/C17H17NO/c1-11(2)12-6-3-4-7-13(12)14-8-5-9-15-16(14)10-18-17(15)19/h3-9,11H,10H2,1-2H3,(H,18,19). The highest BCUT2D eigenvalue weighted by Gasteiger charge is 2.22. The lowest BCUT2D eigenvalue weighted by Crippen LogP contribution is -2.12. The molecule has 19 heavy (non-hydrogen) atoms. The van der Waals surface area contributed by atoms with Crippen molar-refractivity contribution < 1.29 is 4.79 Å². The van der Waals surface area contributed by atoms with Gasteiger partial charge in [0, 0.05) is 12.1 Å². The van der Waals surface area contributed by atoms with Crippen LogP contribution >= 0.6 is 0 Å². The van der Waals surface area contributed by atoms with Crippen molar-refractivity contribution in [3.8, 4) is 11.1 Å². The molecule has 96 valence electrons. The van der Waals surface area contributed by atoms with Crippen LogP contribution in [0.2, 0.25) is 0 Å². The maximum absolute atomic E-state index is 11.8. The normalized spacial score (nSPS) is 13.5. The Morgan fingerprint density at radius 3 is 2.42 bits per heavy atom. The predicted molar refractivity (Wildman–Crippen MR) is 77.1 cm³/mol. The molecular formula is C17H17NO. The van der Waals surface area contributed by atoms with E-state index >= 15 is 0 Å². The molecule has 2 aromatic carbocycles. The van der Waals surface area contributed by atoms with Gasteiger partial charge in [-0.05, 0) is 34.2 Å². The molecule has 1 heterocycles. The van der Waals surface area contributed by atoms with Crippen molar-refractivity contribution in [1.82, 2.24) is 5.32 Å². The van der Waals surface area contributed by atoms with Crippen LogP contribution in [0.3, 0.4) is 0 Å². The van der Waals surface area contributed by atoms with Crippen molar-refractivity contribution in [2.45, 2.75) is 26.3 Å². The zero-order chi connectivity index (χ0) is 13.4. The lowest BCUT2D eigenvalue weighted by atomic mass is 9.89. The summed E-state index contributed by atoms with van der Waals surface area (Å²) in [5.41, 5.74) is 5.69. The van der Waals surface area contributed by atoms with Gasteiger partial charge in [-0.15, -0.1) is 0 Å². The lowest BCUT2D eigenvalue weighted by molar-refractivity contribution is 0.0966. The second-order valence-electron chi connectivity index (χ2n) is 5.26. The minimum atomic E-state index is 0.0406. The molecule has 0 fully saturated rings. The highest BCUT2D eigenvalue weighted by molar-refractivity contribution is 6.00. The smallest absolute Gasteiger partial charge is 0.251 e. The molecular weight excluding hydrogens is 234 g/mol. The number of nitrogens with one attached hydrogen (secondary N) is 1. The van der Waals surface area contributed by atoms with Crippen LogP contribution in [0, 0.1) is 0 Å². The van der Waals surface area contributed by atoms with Gasteiger partial charge in [-0.2, -0.15) is 0 Å². The van der Waals surface area contributed by atoms with Crippen molar-refractivity contribution in [1.29, 1.82) is 0 Å². The predicted octanol–water partition coefficient (Wildman–Crippen LogP) is 3.72. The summed E-state index contributed by atoms with van der Waals surface area (Å²) in [4.78, 5) is 11.8. The summed E-state index contributed by atoms with van der Waals surface area (Å²) in [6, 6.07) is 14.4. The fourth-order valence-corrected chi connectivity index (χ4v) is 2.75. The van der Waals surface area contributed by atoms with Crippen LogP contribution in [0.4, 0.5) is 0 Å². The minimum Gasteiger partial charge on any atom is -0.348 e. The second kappa shape index (κ2) is 4.54. The Balaban J connectivity index is 2.22. The topological polar surface area (TPSA) is 29.1 Å². The van der Waals surface area contributed by atoms with E-state index in [-0.39, 0.29) is 5.91 Å². The van der Waals surface area contributed by atoms with Crippen molar-refractivity contribution in [3.63, 3.8) is 0 Å². The van der Waals surface area contributed by atoms with E-state index in [1.165, 1.54) is 16.7 Å². The first kappa shape index (κ1) is 12.0. The fourth-order valence-electron chi connectivity index (χ4n) is 2.75. The number of carbonyl (C=O) groups is 1. The molecule has 0 saturated carbocycles. The fraction of sp³-hybridized carbons (Fsp3) is 0.235. The van der Waals surface area contributed by atoms with Gasteiger partial charge in [0.1, 0.15) is 0 Å². The van der Waals surface area contributed by atoms with Crippen LogP contribution in [-0.2, 0) is 6.54 Å². The molecule has 0 radical (unpaired) electrons. The van der Waals surface area contributed by atoms with Crippen molar-refractivity contribution >= 4 is 5.91 Å². The molecule has 1 amide bonds. The number of fused-ring (bicyclic) bond motifs is 1. The molecule has 1 N–H and O–H groups in total. The number of carbonyl (C=O) groups excluding carboxylic acids is 1. The van der Waals surface area contributed by atoms with Crippen LogP contribution in [0.25, 0.3) is 11.1 Å². The summed E-state index contributed by atoms with van der Waals surface area (Å²) in [5.74, 6) is 0.510. The molecule has 0 aliphatic carbocycles. The highest BCUT2D eigenvalue weighted by Crippen LogP contribution is 2.34. The van der Waals surface area contributed by atoms with Crippen LogP contribution in [0.1, 0.15) is 41.3 Å². The highest BCUT2D eigenvalue weighted by atomic mass is 16.1. The number of benzene rings is 2. The molecule has 2 heteroatoms. The molecule has 0 atom stereocenters. The Morgan fingerprint density at radius 1 is 0.947 bits per heavy atom. The maximum Gasteiger partial charge on any atom is 0.251 e. The van der Waals surface area contributed by atoms with Crippen LogP contribution in [-0.4, -0.2) is 5.91 Å². The summed E-state index contributed by atoms with van der Waals surface area (Å²) >= 11 is 0. The molecule has 0 saturated heterocycles. The summed E-state index contributed by atoms with van der Waals surface area (Å²) in [6.07, 6.45) is 0. The van der Waals surface area contributed by atoms with Gasteiger partial charge in [0.2, 0.25) is 0 Å². The molecule has 0 spiro atoms. The third-order valence-electron chi connectivity index (χ3n) is 3.72. The second-order valence-corrected chi connectivity index (χ2v) is 5.26. The average molecular weight is 251 g/mol. The Labute approximate surface area is 113 Å². The third kappa shape index (κ3) is 1.93. The van der Waals surface area contributed by atoms with Gasteiger partial charge in [0.05, 0.1) is 0 Å². The Bertz CT molecular complexity index is 643. The molecule has 1 aliphatic rings. The van der Waals surface area contributed by atoms with Gasteiger partial charge >= 0.3 is 0 Å². The Hall–Kier alpha value is -2.09. The van der Waals surface area contributed by atoms with E-state index in [0.717, 1.165) is 11.1 Å². The van der Waals surface area contributed by atoms with E-state index in [4.69, 9.17) is 0 Å². The van der Waals surface area contributed by atoms with Crippen LogP contribution in [0.5, 0.6) is 0 Å². The summed E-state index contributed by atoms with van der Waals surface area (Å²) in [6.45, 7) is 5.04. The first-order valence-electron chi connectivity index (χ1n) is 6.68. The van der Waals surface area contributed by atoms with Gasteiger partial charge in [0.15, 0.2) is 0 Å². The molecule has 2 nitrogen and oxygen atoms in total. The van der Waals surface area contributed by atoms with Crippen molar-refractivity contribution in [2.75, 3.05) is 0 Å². The number of hydrogen-bond donors (Lipinski definition) is 1. The van der Waals surface area contributed by atoms with Gasteiger partial charge in [-0.1, -0.05) is 50.2 Å². The van der Waals surface area contributed by atoms with Gasteiger partial charge in [-0.25, -0.2) is 0 Å². The molecule has 0 bridgehead atoms. The van der Waals surface area contributed by atoms with Gasteiger partial charge in [-0.3, -0.25) is 4.79 Å². The molecule has 1 aliphatic heterocycles. The van der Waals surface area contributed by atoms with Crippen LogP contribution < -0.4 is 5.32 Å². The largest absolute Gasteiger partial charge is 0.348 e. The number of hydrogen-bond acceptors (Lipinski definition) is 1. The van der Waals surface area contributed by atoms with E-state index in [1.54, 1.807) is 0 Å². The van der Waals surface area contributed by atoms with E-state index < -0.39 is 0 Å². The minimum absolute atomic E-state index is 0.0406. The monoisotopic (exact) mass is 251 g/mol.